The Bertz CT molecular complexity index is 1080. The number of anilines is 1. The molecular weight excluding hydrogens is 520 g/mol. The highest BCUT2D eigenvalue weighted by Crippen LogP contribution is 2.37. The largest absolute Gasteiger partial charge is 0.462 e. The third kappa shape index (κ3) is 5.73. The number of fused-ring (bicyclic) bond motifs is 1. The topological polar surface area (TPSA) is 94.8 Å². The van der Waals surface area contributed by atoms with Crippen molar-refractivity contribution in [3.8, 4) is 12.1 Å². The standard InChI is InChI=1S/C23H31BrN6O3S/c1-23(2,3)33-22(31)30-11-10-29(13-15(30)7-8-25)20-19-17(12-18(24)34-19)26-21(27-20)32-14-16-6-5-9-28(16)4/h12,15-16H,5-7,9-11,13-14H2,1-4H3/t15?,16-/m0/s1. The highest BCUT2D eigenvalue weighted by Gasteiger charge is 2.35. The van der Waals surface area contributed by atoms with Gasteiger partial charge in [-0.05, 0) is 69.2 Å². The van der Waals surface area contributed by atoms with Crippen molar-refractivity contribution in [2.45, 2.75) is 57.7 Å². The van der Waals surface area contributed by atoms with Crippen molar-refractivity contribution in [1.29, 1.82) is 5.26 Å². The van der Waals surface area contributed by atoms with Crippen molar-refractivity contribution in [3.05, 3.63) is 9.85 Å². The van der Waals surface area contributed by atoms with Crippen molar-refractivity contribution in [3.63, 3.8) is 0 Å². The first-order chi connectivity index (χ1) is 16.1. The average Bonchev–Trinajstić information content (AvgIpc) is 3.34. The van der Waals surface area contributed by atoms with Crippen LogP contribution in [0.1, 0.15) is 40.0 Å². The first-order valence-electron chi connectivity index (χ1n) is 11.6. The van der Waals surface area contributed by atoms with Gasteiger partial charge in [0.15, 0.2) is 5.82 Å². The van der Waals surface area contributed by atoms with Crippen LogP contribution in [0, 0.1) is 11.3 Å². The van der Waals surface area contributed by atoms with Crippen LogP contribution < -0.4 is 9.64 Å². The van der Waals surface area contributed by atoms with E-state index in [1.165, 1.54) is 6.42 Å². The number of ether oxygens (including phenoxy) is 2. The fourth-order valence-corrected chi connectivity index (χ4v) is 5.94. The van der Waals surface area contributed by atoms with Crippen LogP contribution in [0.2, 0.25) is 0 Å². The Kier molecular flexibility index (Phi) is 7.50. The number of likely N-dealkylation sites (tertiary alicyclic amines) is 1. The lowest BCUT2D eigenvalue weighted by Crippen LogP contribution is -2.56. The molecule has 0 radical (unpaired) electrons. The van der Waals surface area contributed by atoms with Crippen molar-refractivity contribution in [1.82, 2.24) is 19.8 Å². The minimum Gasteiger partial charge on any atom is -0.462 e. The Hall–Kier alpha value is -2.16. The van der Waals surface area contributed by atoms with Crippen LogP contribution in [0.15, 0.2) is 9.85 Å². The fourth-order valence-electron chi connectivity index (χ4n) is 4.39. The molecule has 9 nitrogen and oxygen atoms in total. The minimum absolute atomic E-state index is 0.218. The number of nitriles is 1. The average molecular weight is 552 g/mol. The number of hydrogen-bond acceptors (Lipinski definition) is 9. The van der Waals surface area contributed by atoms with Gasteiger partial charge in [0.25, 0.3) is 0 Å². The van der Waals surface area contributed by atoms with Gasteiger partial charge in [-0.2, -0.15) is 15.2 Å². The van der Waals surface area contributed by atoms with Crippen LogP contribution >= 0.6 is 27.3 Å². The van der Waals surface area contributed by atoms with Gasteiger partial charge in [0.1, 0.15) is 12.2 Å². The van der Waals surface area contributed by atoms with E-state index in [-0.39, 0.29) is 18.6 Å². The van der Waals surface area contributed by atoms with Crippen LogP contribution in [0.5, 0.6) is 6.01 Å². The molecule has 2 aliphatic heterocycles. The first kappa shape index (κ1) is 24.9. The number of amides is 1. The zero-order chi connectivity index (χ0) is 24.5. The van der Waals surface area contributed by atoms with Crippen molar-refractivity contribution < 1.29 is 14.3 Å². The lowest BCUT2D eigenvalue weighted by Gasteiger charge is -2.41. The lowest BCUT2D eigenvalue weighted by atomic mass is 10.1. The quantitative estimate of drug-likeness (QED) is 0.544. The van der Waals surface area contributed by atoms with Crippen molar-refractivity contribution >= 4 is 49.4 Å². The Morgan fingerprint density at radius 3 is 2.76 bits per heavy atom. The molecule has 4 rings (SSSR count). The summed E-state index contributed by atoms with van der Waals surface area (Å²) in [6.45, 7) is 8.68. The van der Waals surface area contributed by atoms with E-state index in [0.29, 0.717) is 38.3 Å². The van der Waals surface area contributed by atoms with Gasteiger partial charge >= 0.3 is 12.1 Å². The summed E-state index contributed by atoms with van der Waals surface area (Å²) in [7, 11) is 2.12. The zero-order valence-corrected chi connectivity index (χ0v) is 22.5. The van der Waals surface area contributed by atoms with E-state index in [9.17, 15) is 10.1 Å². The molecule has 0 aromatic carbocycles. The summed E-state index contributed by atoms with van der Waals surface area (Å²) in [6.07, 6.45) is 2.12. The maximum Gasteiger partial charge on any atom is 0.410 e. The molecule has 2 atom stereocenters. The Balaban J connectivity index is 1.57. The molecule has 1 unspecified atom stereocenters. The number of carbonyl (C=O) groups excluding carboxylic acids is 1. The van der Waals surface area contributed by atoms with Gasteiger partial charge in [-0.15, -0.1) is 11.3 Å². The first-order valence-corrected chi connectivity index (χ1v) is 13.2. The Labute approximate surface area is 212 Å². The second kappa shape index (κ2) is 10.2. The monoisotopic (exact) mass is 550 g/mol. The molecule has 0 bridgehead atoms. The summed E-state index contributed by atoms with van der Waals surface area (Å²) in [4.78, 5) is 28.3. The minimum atomic E-state index is -0.590. The van der Waals surface area contributed by atoms with E-state index in [1.54, 1.807) is 16.2 Å². The van der Waals surface area contributed by atoms with Gasteiger partial charge in [0.2, 0.25) is 0 Å². The van der Waals surface area contributed by atoms with Crippen LogP contribution in [-0.2, 0) is 4.74 Å². The Morgan fingerprint density at radius 2 is 2.09 bits per heavy atom. The number of nitrogens with zero attached hydrogens (tertiary/aromatic N) is 6. The SMILES string of the molecule is CN1CCC[C@H]1COc1nc(N2CCN(C(=O)OC(C)(C)C)C(CC#N)C2)c2sc(Br)cc2n1. The normalized spacial score (nSPS) is 21.6. The summed E-state index contributed by atoms with van der Waals surface area (Å²) in [5.41, 5.74) is 0.232. The van der Waals surface area contributed by atoms with E-state index >= 15 is 0 Å². The molecule has 2 aliphatic rings. The molecule has 4 heterocycles. The fraction of sp³-hybridized carbons (Fsp3) is 0.652. The molecule has 11 heteroatoms. The van der Waals surface area contributed by atoms with Gasteiger partial charge in [-0.3, -0.25) is 0 Å². The molecule has 0 aliphatic carbocycles. The Morgan fingerprint density at radius 1 is 1.29 bits per heavy atom. The van der Waals surface area contributed by atoms with Gasteiger partial charge in [-0.25, -0.2) is 4.79 Å². The summed E-state index contributed by atoms with van der Waals surface area (Å²) < 4.78 is 13.6. The van der Waals surface area contributed by atoms with E-state index in [2.05, 4.69) is 43.8 Å². The number of aromatic nitrogens is 2. The third-order valence-electron chi connectivity index (χ3n) is 6.12. The summed E-state index contributed by atoms with van der Waals surface area (Å²) in [5.74, 6) is 0.780. The molecule has 2 aromatic rings. The second-order valence-electron chi connectivity index (χ2n) is 9.82. The van der Waals surface area contributed by atoms with E-state index in [4.69, 9.17) is 14.5 Å². The van der Waals surface area contributed by atoms with E-state index in [0.717, 1.165) is 32.8 Å². The zero-order valence-electron chi connectivity index (χ0n) is 20.1. The molecule has 1 amide bonds. The van der Waals surface area contributed by atoms with Crippen LogP contribution in [0.4, 0.5) is 10.6 Å². The number of hydrogen-bond donors (Lipinski definition) is 0. The molecule has 0 saturated carbocycles. The highest BCUT2D eigenvalue weighted by molar-refractivity contribution is 9.11. The maximum absolute atomic E-state index is 12.8. The van der Waals surface area contributed by atoms with E-state index < -0.39 is 5.60 Å². The summed E-state index contributed by atoms with van der Waals surface area (Å²) >= 11 is 5.14. The number of piperazine rings is 1. The van der Waals surface area contributed by atoms with Gasteiger partial charge in [0, 0.05) is 25.7 Å². The van der Waals surface area contributed by atoms with Crippen molar-refractivity contribution in [2.75, 3.05) is 44.7 Å². The van der Waals surface area contributed by atoms with Crippen molar-refractivity contribution in [2.24, 2.45) is 0 Å². The number of halogens is 1. The predicted molar refractivity (Wildman–Crippen MR) is 135 cm³/mol. The predicted octanol–water partition coefficient (Wildman–Crippen LogP) is 4.27. The number of likely N-dealkylation sites (N-methyl/N-ethyl adjacent to an activating group) is 1. The summed E-state index contributed by atoms with van der Waals surface area (Å²) in [5, 5.41) is 9.42. The number of thiophene rings is 1. The molecule has 2 fully saturated rings. The van der Waals surface area contributed by atoms with Gasteiger partial charge < -0.3 is 24.2 Å². The molecule has 2 saturated heterocycles. The van der Waals surface area contributed by atoms with Crippen LogP contribution in [-0.4, -0.2) is 83.4 Å². The molecule has 0 N–H and O–H groups in total. The van der Waals surface area contributed by atoms with Gasteiger partial charge in [0.05, 0.1) is 32.5 Å². The smallest absolute Gasteiger partial charge is 0.410 e. The number of carbonyl (C=O) groups is 1. The summed E-state index contributed by atoms with van der Waals surface area (Å²) in [6, 6.07) is 4.64. The molecular formula is C23H31BrN6O3S. The van der Waals surface area contributed by atoms with E-state index in [1.807, 2.05) is 26.8 Å². The molecule has 2 aromatic heterocycles. The molecule has 34 heavy (non-hydrogen) atoms. The highest BCUT2D eigenvalue weighted by atomic mass is 79.9. The van der Waals surface area contributed by atoms with Crippen LogP contribution in [0.3, 0.4) is 0 Å². The lowest BCUT2D eigenvalue weighted by molar-refractivity contribution is 0.0145. The molecule has 184 valence electrons. The van der Waals surface area contributed by atoms with Crippen LogP contribution in [0.25, 0.3) is 10.2 Å². The second-order valence-corrected chi connectivity index (χ2v) is 12.2. The number of rotatable bonds is 5. The third-order valence-corrected chi connectivity index (χ3v) is 7.74. The van der Waals surface area contributed by atoms with Gasteiger partial charge in [-0.1, -0.05) is 0 Å². The maximum atomic E-state index is 12.8. The molecule has 0 spiro atoms.